The molecule has 0 unspecified atom stereocenters. The Balaban J connectivity index is 3.23. The monoisotopic (exact) mass is 201 g/mol. The summed E-state index contributed by atoms with van der Waals surface area (Å²) in [7, 11) is 0. The molecule has 1 heterocycles. The lowest BCUT2D eigenvalue weighted by molar-refractivity contribution is 0.108. The predicted molar refractivity (Wildman–Crippen MR) is 41.9 cm³/mol. The van der Waals surface area contributed by atoms with E-state index in [1.165, 1.54) is 0 Å². The van der Waals surface area contributed by atoms with Crippen LogP contribution < -0.4 is 0 Å². The second-order valence-electron chi connectivity index (χ2n) is 1.78. The Bertz CT molecular complexity index is 372. The number of nitriles is 1. The molecule has 0 bridgehead atoms. The lowest BCUT2D eigenvalue weighted by Crippen LogP contribution is -1.97. The number of aromatic nitrogens is 2. The lowest BCUT2D eigenvalue weighted by atomic mass is 10.4. The van der Waals surface area contributed by atoms with Crippen molar-refractivity contribution in [2.24, 2.45) is 0 Å². The van der Waals surface area contributed by atoms with Crippen LogP contribution in [0.25, 0.3) is 0 Å². The van der Waals surface area contributed by atoms with Gasteiger partial charge in [-0.15, -0.1) is 0 Å². The average Bonchev–Trinajstić information content (AvgIpc) is 2.03. The molecule has 0 spiro atoms. The van der Waals surface area contributed by atoms with E-state index in [4.69, 9.17) is 28.5 Å². The van der Waals surface area contributed by atoms with Crippen molar-refractivity contribution in [2.45, 2.75) is 0 Å². The first-order valence-corrected chi connectivity index (χ1v) is 3.53. The number of carbonyl (C=O) groups excluding carboxylic acids is 1. The number of hydrogen-bond acceptors (Lipinski definition) is 4. The molecule has 0 amide bonds. The quantitative estimate of drug-likeness (QED) is 0.509. The summed E-state index contributed by atoms with van der Waals surface area (Å²) in [6, 6.07) is 1.67. The molecule has 0 atom stereocenters. The first kappa shape index (κ1) is 8.91. The minimum absolute atomic E-state index is 0.00247. The SMILES string of the molecule is N#Cc1ncc(C(=O)Cl)c(Cl)n1. The van der Waals surface area contributed by atoms with Crippen molar-refractivity contribution in [3.05, 3.63) is 22.7 Å². The molecule has 0 saturated heterocycles. The molecule has 1 aromatic rings. The Kier molecular flexibility index (Phi) is 2.58. The van der Waals surface area contributed by atoms with Gasteiger partial charge in [0.05, 0.1) is 5.56 Å². The molecule has 4 nitrogen and oxygen atoms in total. The Labute approximate surface area is 77.8 Å². The van der Waals surface area contributed by atoms with Gasteiger partial charge in [0.15, 0.2) is 0 Å². The van der Waals surface area contributed by atoms with E-state index in [1.54, 1.807) is 6.07 Å². The number of halogens is 2. The van der Waals surface area contributed by atoms with Gasteiger partial charge in [-0.25, -0.2) is 9.97 Å². The third-order valence-corrected chi connectivity index (χ3v) is 1.55. The van der Waals surface area contributed by atoms with Gasteiger partial charge in [-0.2, -0.15) is 5.26 Å². The van der Waals surface area contributed by atoms with Crippen molar-refractivity contribution in [2.75, 3.05) is 0 Å². The molecule has 60 valence electrons. The maximum atomic E-state index is 10.6. The Hall–Kier alpha value is -1.18. The van der Waals surface area contributed by atoms with Crippen molar-refractivity contribution < 1.29 is 4.79 Å². The third kappa shape index (κ3) is 1.70. The van der Waals surface area contributed by atoms with Gasteiger partial charge in [-0.3, -0.25) is 4.79 Å². The van der Waals surface area contributed by atoms with Gasteiger partial charge in [0, 0.05) is 6.20 Å². The zero-order chi connectivity index (χ0) is 9.14. The Morgan fingerprint density at radius 2 is 2.33 bits per heavy atom. The zero-order valence-corrected chi connectivity index (χ0v) is 7.10. The van der Waals surface area contributed by atoms with Crippen LogP contribution in [0.4, 0.5) is 0 Å². The predicted octanol–water partition coefficient (Wildman–Crippen LogP) is 1.38. The fourth-order valence-electron chi connectivity index (χ4n) is 0.547. The summed E-state index contributed by atoms with van der Waals surface area (Å²) in [5.74, 6) is -0.0957. The van der Waals surface area contributed by atoms with Crippen LogP contribution in [0.15, 0.2) is 6.20 Å². The average molecular weight is 202 g/mol. The van der Waals surface area contributed by atoms with E-state index >= 15 is 0 Å². The summed E-state index contributed by atoms with van der Waals surface area (Å²) in [5, 5.41) is 7.48. The molecule has 0 aliphatic carbocycles. The smallest absolute Gasteiger partial charge is 0.257 e. The lowest BCUT2D eigenvalue weighted by Gasteiger charge is -1.94. The molecule has 0 aliphatic rings. The first-order chi connectivity index (χ1) is 5.65. The first-order valence-electron chi connectivity index (χ1n) is 2.77. The van der Waals surface area contributed by atoms with E-state index in [2.05, 4.69) is 9.97 Å². The van der Waals surface area contributed by atoms with Crippen molar-refractivity contribution in [3.8, 4) is 6.07 Å². The van der Waals surface area contributed by atoms with Crippen LogP contribution in [0.5, 0.6) is 0 Å². The van der Waals surface area contributed by atoms with E-state index in [0.717, 1.165) is 6.20 Å². The fourth-order valence-corrected chi connectivity index (χ4v) is 0.948. The van der Waals surface area contributed by atoms with E-state index in [9.17, 15) is 4.79 Å². The molecule has 0 radical (unpaired) electrons. The van der Waals surface area contributed by atoms with Crippen LogP contribution in [-0.2, 0) is 0 Å². The van der Waals surface area contributed by atoms with Crippen LogP contribution in [0, 0.1) is 11.3 Å². The van der Waals surface area contributed by atoms with Gasteiger partial charge < -0.3 is 0 Å². The molecule has 0 aromatic carbocycles. The standard InChI is InChI=1S/C6HCl2N3O/c7-5-3(6(8)12)2-10-4(1-9)11-5/h2H. The molecule has 1 rings (SSSR count). The van der Waals surface area contributed by atoms with Crippen molar-refractivity contribution in [1.29, 1.82) is 5.26 Å². The summed E-state index contributed by atoms with van der Waals surface area (Å²) in [6.45, 7) is 0. The van der Waals surface area contributed by atoms with E-state index in [1.807, 2.05) is 0 Å². The van der Waals surface area contributed by atoms with Crippen LogP contribution in [-0.4, -0.2) is 15.2 Å². The zero-order valence-electron chi connectivity index (χ0n) is 5.58. The summed E-state index contributed by atoms with van der Waals surface area (Å²) in [5.41, 5.74) is -0.00247. The van der Waals surface area contributed by atoms with Gasteiger partial charge in [0.2, 0.25) is 5.82 Å². The van der Waals surface area contributed by atoms with Gasteiger partial charge in [0.25, 0.3) is 5.24 Å². The molecule has 12 heavy (non-hydrogen) atoms. The largest absolute Gasteiger partial charge is 0.275 e. The summed E-state index contributed by atoms with van der Waals surface area (Å²) in [4.78, 5) is 17.6. The maximum absolute atomic E-state index is 10.6. The second kappa shape index (κ2) is 3.48. The van der Waals surface area contributed by atoms with Gasteiger partial charge in [-0.1, -0.05) is 11.6 Å². The van der Waals surface area contributed by atoms with Crippen LogP contribution >= 0.6 is 23.2 Å². The van der Waals surface area contributed by atoms with Crippen molar-refractivity contribution in [3.63, 3.8) is 0 Å². The highest BCUT2D eigenvalue weighted by molar-refractivity contribution is 6.68. The highest BCUT2D eigenvalue weighted by Crippen LogP contribution is 2.13. The number of carbonyl (C=O) groups is 1. The molecule has 0 N–H and O–H groups in total. The number of rotatable bonds is 1. The van der Waals surface area contributed by atoms with E-state index < -0.39 is 5.24 Å². The van der Waals surface area contributed by atoms with Crippen LogP contribution in [0.2, 0.25) is 5.15 Å². The minimum atomic E-state index is -0.746. The highest BCUT2D eigenvalue weighted by atomic mass is 35.5. The van der Waals surface area contributed by atoms with Crippen LogP contribution in [0.1, 0.15) is 16.2 Å². The molecule has 1 aromatic heterocycles. The molecule has 0 saturated carbocycles. The van der Waals surface area contributed by atoms with Crippen molar-refractivity contribution >= 4 is 28.4 Å². The van der Waals surface area contributed by atoms with Crippen LogP contribution in [0.3, 0.4) is 0 Å². The molecular formula is C6HCl2N3O. The van der Waals surface area contributed by atoms with Gasteiger partial charge >= 0.3 is 0 Å². The molecule has 6 heteroatoms. The molecule has 0 fully saturated rings. The number of nitrogens with zero attached hydrogens (tertiary/aromatic N) is 3. The minimum Gasteiger partial charge on any atom is -0.275 e. The second-order valence-corrected chi connectivity index (χ2v) is 2.48. The summed E-state index contributed by atoms with van der Waals surface area (Å²) >= 11 is 10.6. The van der Waals surface area contributed by atoms with E-state index in [-0.39, 0.29) is 16.5 Å². The Morgan fingerprint density at radius 3 is 2.75 bits per heavy atom. The maximum Gasteiger partial charge on any atom is 0.257 e. The highest BCUT2D eigenvalue weighted by Gasteiger charge is 2.09. The molecular weight excluding hydrogens is 201 g/mol. The fraction of sp³-hybridized carbons (Fsp3) is 0. The topological polar surface area (TPSA) is 66.6 Å². The third-order valence-electron chi connectivity index (χ3n) is 1.05. The van der Waals surface area contributed by atoms with Gasteiger partial charge in [0.1, 0.15) is 11.2 Å². The summed E-state index contributed by atoms with van der Waals surface area (Å²) in [6.07, 6.45) is 1.11. The Morgan fingerprint density at radius 1 is 1.67 bits per heavy atom. The van der Waals surface area contributed by atoms with E-state index in [0.29, 0.717) is 0 Å². The van der Waals surface area contributed by atoms with Crippen molar-refractivity contribution in [1.82, 2.24) is 9.97 Å². The normalized spacial score (nSPS) is 9.08. The molecule has 0 aliphatic heterocycles. The number of hydrogen-bond donors (Lipinski definition) is 0. The van der Waals surface area contributed by atoms with Gasteiger partial charge in [-0.05, 0) is 11.6 Å². The summed E-state index contributed by atoms with van der Waals surface area (Å²) < 4.78 is 0.